The molecule has 3 rings (SSSR count). The maximum Gasteiger partial charge on any atom is 0.264 e. The molecule has 2 heterocycles. The summed E-state index contributed by atoms with van der Waals surface area (Å²) in [7, 11) is 0. The van der Waals surface area contributed by atoms with Crippen molar-refractivity contribution < 1.29 is 0 Å². The second-order valence-electron chi connectivity index (χ2n) is 5.19. The average Bonchev–Trinajstić information content (AvgIpc) is 2.98. The topological polar surface area (TPSA) is 58.6 Å². The van der Waals surface area contributed by atoms with Gasteiger partial charge in [-0.25, -0.2) is 4.98 Å². The molecular weight excluding hydrogens is 365 g/mol. The van der Waals surface area contributed by atoms with E-state index in [1.54, 1.807) is 6.20 Å². The van der Waals surface area contributed by atoms with Gasteiger partial charge < -0.3 is 4.98 Å². The molecule has 0 aliphatic heterocycles. The minimum absolute atomic E-state index is 0.0200. The first-order chi connectivity index (χ1) is 9.74. The van der Waals surface area contributed by atoms with Crippen molar-refractivity contribution in [2.45, 2.75) is 38.0 Å². The van der Waals surface area contributed by atoms with Gasteiger partial charge in [-0.2, -0.15) is 0 Å². The van der Waals surface area contributed by atoms with Crippen LogP contribution in [0.2, 0.25) is 0 Å². The van der Waals surface area contributed by atoms with E-state index in [0.29, 0.717) is 12.3 Å². The summed E-state index contributed by atoms with van der Waals surface area (Å²) in [6.45, 7) is 0. The Morgan fingerprint density at radius 1 is 1.30 bits per heavy atom. The third kappa shape index (κ3) is 2.92. The summed E-state index contributed by atoms with van der Waals surface area (Å²) in [6, 6.07) is 5.79. The summed E-state index contributed by atoms with van der Waals surface area (Å²) in [4.78, 5) is 24.0. The first-order valence-electron chi connectivity index (χ1n) is 6.92. The lowest BCUT2D eigenvalue weighted by Crippen LogP contribution is -2.20. The number of hydrogen-bond acceptors (Lipinski definition) is 3. The number of H-pyrrole nitrogens is 1. The smallest absolute Gasteiger partial charge is 0.264 e. The number of rotatable bonds is 3. The molecule has 1 aliphatic rings. The van der Waals surface area contributed by atoms with Crippen molar-refractivity contribution in [2.24, 2.45) is 0 Å². The third-order valence-electron chi connectivity index (χ3n) is 3.75. The van der Waals surface area contributed by atoms with Gasteiger partial charge >= 0.3 is 0 Å². The zero-order valence-electron chi connectivity index (χ0n) is 11.1. The number of halogens is 1. The maximum atomic E-state index is 12.1. The number of pyridine rings is 1. The third-order valence-corrected chi connectivity index (χ3v) is 4.80. The molecule has 0 bridgehead atoms. The molecule has 0 radical (unpaired) electrons. The van der Waals surface area contributed by atoms with Gasteiger partial charge in [-0.15, -0.1) is 0 Å². The van der Waals surface area contributed by atoms with Gasteiger partial charge in [0.1, 0.15) is 5.82 Å². The fraction of sp³-hybridized carbons (Fsp3) is 0.400. The summed E-state index contributed by atoms with van der Waals surface area (Å²) in [5.41, 5.74) is 1.89. The molecule has 1 fully saturated rings. The van der Waals surface area contributed by atoms with E-state index in [-0.39, 0.29) is 5.56 Å². The standard InChI is InChI=1S/C15H16IN3O/c16-13-14(10-5-1-2-6-10)18-12(19-15(13)20)9-11-7-3-4-8-17-11/h3-4,7-8,10H,1-2,5-6,9H2,(H,18,19,20). The molecule has 0 atom stereocenters. The van der Waals surface area contributed by atoms with Crippen LogP contribution < -0.4 is 5.56 Å². The molecule has 0 aromatic carbocycles. The minimum atomic E-state index is -0.0200. The average molecular weight is 381 g/mol. The minimum Gasteiger partial charge on any atom is -0.309 e. The highest BCUT2D eigenvalue weighted by Crippen LogP contribution is 2.34. The molecule has 1 aliphatic carbocycles. The van der Waals surface area contributed by atoms with E-state index in [1.165, 1.54) is 12.8 Å². The van der Waals surface area contributed by atoms with E-state index in [2.05, 4.69) is 32.6 Å². The van der Waals surface area contributed by atoms with E-state index in [9.17, 15) is 4.79 Å². The van der Waals surface area contributed by atoms with E-state index in [0.717, 1.165) is 33.6 Å². The van der Waals surface area contributed by atoms with Crippen molar-refractivity contribution >= 4 is 22.6 Å². The lowest BCUT2D eigenvalue weighted by atomic mass is 10.0. The van der Waals surface area contributed by atoms with Gasteiger partial charge in [-0.3, -0.25) is 9.78 Å². The van der Waals surface area contributed by atoms with Crippen LogP contribution in [0.25, 0.3) is 0 Å². The molecule has 0 amide bonds. The van der Waals surface area contributed by atoms with Crippen molar-refractivity contribution in [1.82, 2.24) is 15.0 Å². The van der Waals surface area contributed by atoms with Crippen LogP contribution in [0.1, 0.15) is 48.8 Å². The van der Waals surface area contributed by atoms with Gasteiger partial charge in [-0.1, -0.05) is 18.9 Å². The number of nitrogens with zero attached hydrogens (tertiary/aromatic N) is 2. The van der Waals surface area contributed by atoms with Crippen molar-refractivity contribution in [3.8, 4) is 0 Å². The Balaban J connectivity index is 1.94. The highest BCUT2D eigenvalue weighted by molar-refractivity contribution is 14.1. The van der Waals surface area contributed by atoms with Crippen LogP contribution in [-0.4, -0.2) is 15.0 Å². The number of nitrogens with one attached hydrogen (secondary N) is 1. The van der Waals surface area contributed by atoms with E-state index >= 15 is 0 Å². The molecule has 2 aromatic heterocycles. The summed E-state index contributed by atoms with van der Waals surface area (Å²) in [5.74, 6) is 1.17. The maximum absolute atomic E-state index is 12.1. The Morgan fingerprint density at radius 2 is 2.10 bits per heavy atom. The second-order valence-corrected chi connectivity index (χ2v) is 6.27. The van der Waals surface area contributed by atoms with E-state index in [1.807, 2.05) is 18.2 Å². The van der Waals surface area contributed by atoms with Crippen molar-refractivity contribution in [3.05, 3.63) is 55.5 Å². The molecule has 0 unspecified atom stereocenters. The largest absolute Gasteiger partial charge is 0.309 e. The van der Waals surface area contributed by atoms with Crippen LogP contribution in [0.4, 0.5) is 0 Å². The van der Waals surface area contributed by atoms with Gasteiger partial charge in [0.25, 0.3) is 5.56 Å². The molecule has 4 nitrogen and oxygen atoms in total. The summed E-state index contributed by atoms with van der Waals surface area (Å²) >= 11 is 2.12. The molecular formula is C15H16IN3O. The van der Waals surface area contributed by atoms with Crippen LogP contribution in [0.5, 0.6) is 0 Å². The Kier molecular flexibility index (Phi) is 4.14. The molecule has 1 N–H and O–H groups in total. The quantitative estimate of drug-likeness (QED) is 0.832. The monoisotopic (exact) mass is 381 g/mol. The molecule has 20 heavy (non-hydrogen) atoms. The van der Waals surface area contributed by atoms with Crippen LogP contribution >= 0.6 is 22.6 Å². The summed E-state index contributed by atoms with van der Waals surface area (Å²) < 4.78 is 0.749. The van der Waals surface area contributed by atoms with Gasteiger partial charge in [0.15, 0.2) is 0 Å². The van der Waals surface area contributed by atoms with Crippen molar-refractivity contribution in [2.75, 3.05) is 0 Å². The first-order valence-corrected chi connectivity index (χ1v) is 8.00. The van der Waals surface area contributed by atoms with Gasteiger partial charge in [0, 0.05) is 24.2 Å². The van der Waals surface area contributed by atoms with Crippen LogP contribution in [0.15, 0.2) is 29.2 Å². The predicted octanol–water partition coefficient (Wildman–Crippen LogP) is 3.02. The summed E-state index contributed by atoms with van der Waals surface area (Å²) in [6.07, 6.45) is 7.12. The van der Waals surface area contributed by atoms with Crippen LogP contribution in [0.3, 0.4) is 0 Å². The zero-order chi connectivity index (χ0) is 13.9. The lowest BCUT2D eigenvalue weighted by molar-refractivity contribution is 0.676. The van der Waals surface area contributed by atoms with Crippen LogP contribution in [0, 0.1) is 3.57 Å². The SMILES string of the molecule is O=c1[nH]c(Cc2ccccn2)nc(C2CCCC2)c1I. The van der Waals surface area contributed by atoms with E-state index in [4.69, 9.17) is 4.98 Å². The molecule has 0 spiro atoms. The van der Waals surface area contributed by atoms with Gasteiger partial charge in [-0.05, 0) is 47.6 Å². The molecule has 5 heteroatoms. The molecule has 2 aromatic rings. The van der Waals surface area contributed by atoms with Crippen molar-refractivity contribution in [1.29, 1.82) is 0 Å². The zero-order valence-corrected chi connectivity index (χ0v) is 13.3. The van der Waals surface area contributed by atoms with E-state index < -0.39 is 0 Å². The highest BCUT2D eigenvalue weighted by atomic mass is 127. The fourth-order valence-corrected chi connectivity index (χ4v) is 3.45. The number of hydrogen-bond donors (Lipinski definition) is 1. The number of aromatic amines is 1. The first kappa shape index (κ1) is 13.7. The van der Waals surface area contributed by atoms with Gasteiger partial charge in [0.2, 0.25) is 0 Å². The summed E-state index contributed by atoms with van der Waals surface area (Å²) in [5, 5.41) is 0. The fourth-order valence-electron chi connectivity index (χ4n) is 2.75. The molecule has 0 saturated heterocycles. The number of aromatic nitrogens is 3. The molecule has 1 saturated carbocycles. The Hall–Kier alpha value is -1.24. The Bertz CT molecular complexity index is 648. The predicted molar refractivity (Wildman–Crippen MR) is 85.8 cm³/mol. The highest BCUT2D eigenvalue weighted by Gasteiger charge is 2.23. The normalized spacial score (nSPS) is 15.7. The van der Waals surface area contributed by atoms with Crippen molar-refractivity contribution in [3.63, 3.8) is 0 Å². The van der Waals surface area contributed by atoms with Crippen LogP contribution in [-0.2, 0) is 6.42 Å². The van der Waals surface area contributed by atoms with Gasteiger partial charge in [0.05, 0.1) is 9.26 Å². The Labute approximate surface area is 131 Å². The molecule has 104 valence electrons. The second kappa shape index (κ2) is 6.03. The Morgan fingerprint density at radius 3 is 2.80 bits per heavy atom. The lowest BCUT2D eigenvalue weighted by Gasteiger charge is -2.12.